The Hall–Kier alpha value is 1.02. The second kappa shape index (κ2) is 5.04. The van der Waals surface area contributed by atoms with Crippen molar-refractivity contribution in [3.63, 3.8) is 0 Å². The van der Waals surface area contributed by atoms with Crippen molar-refractivity contribution in [1.29, 1.82) is 0 Å². The third-order valence-corrected chi connectivity index (χ3v) is 2.28. The fourth-order valence-corrected chi connectivity index (χ4v) is 2.01. The minimum atomic E-state index is 0. The minimum absolute atomic E-state index is 0. The SMILES string of the molecule is CC1(C)CCCC(C)(C)N1.[Cl-].[Mg+2]. The minimum Gasteiger partial charge on any atom is -1.00 e. The normalized spacial score (nSPS) is 25.0. The van der Waals surface area contributed by atoms with Crippen LogP contribution in [0.1, 0.15) is 47.0 Å². The number of nitrogens with one attached hydrogen (secondary N) is 1. The summed E-state index contributed by atoms with van der Waals surface area (Å²) in [6, 6.07) is 0. The molecule has 0 spiro atoms. The molecule has 1 fully saturated rings. The topological polar surface area (TPSA) is 12.0 Å². The maximum Gasteiger partial charge on any atom is 2.00 e. The van der Waals surface area contributed by atoms with Crippen molar-refractivity contribution in [3.8, 4) is 0 Å². The third-order valence-electron chi connectivity index (χ3n) is 2.28. The molecule has 0 unspecified atom stereocenters. The Morgan fingerprint density at radius 1 is 0.917 bits per heavy atom. The number of piperidine rings is 1. The molecule has 0 atom stereocenters. The van der Waals surface area contributed by atoms with Crippen LogP contribution in [0, 0.1) is 0 Å². The van der Waals surface area contributed by atoms with Crippen molar-refractivity contribution in [3.05, 3.63) is 0 Å². The van der Waals surface area contributed by atoms with Crippen LogP contribution in [0.2, 0.25) is 0 Å². The molecule has 0 aromatic rings. The molecule has 0 amide bonds. The van der Waals surface area contributed by atoms with Crippen LogP contribution in [-0.2, 0) is 0 Å². The molecule has 0 aromatic heterocycles. The molecule has 12 heavy (non-hydrogen) atoms. The molecule has 0 aromatic carbocycles. The van der Waals surface area contributed by atoms with Crippen molar-refractivity contribution in [2.75, 3.05) is 0 Å². The van der Waals surface area contributed by atoms with Gasteiger partial charge >= 0.3 is 23.1 Å². The molecule has 0 bridgehead atoms. The van der Waals surface area contributed by atoms with Gasteiger partial charge in [0.2, 0.25) is 0 Å². The van der Waals surface area contributed by atoms with Gasteiger partial charge in [-0.25, -0.2) is 0 Å². The number of hydrogen-bond donors (Lipinski definition) is 1. The molecule has 1 N–H and O–H groups in total. The predicted octanol–water partition coefficient (Wildman–Crippen LogP) is -1.06. The summed E-state index contributed by atoms with van der Waals surface area (Å²) in [6.45, 7) is 9.14. The standard InChI is InChI=1S/C9H19N.ClH.Mg/c1-8(2)6-5-7-9(3,4)10-8;;/h10H,5-7H2,1-4H3;1H;/q;;+2/p-1. The first kappa shape index (κ1) is 15.5. The second-order valence-electron chi connectivity index (χ2n) is 4.75. The zero-order valence-corrected chi connectivity index (χ0v) is 10.9. The van der Waals surface area contributed by atoms with Gasteiger partial charge in [0.15, 0.2) is 0 Å². The van der Waals surface area contributed by atoms with Gasteiger partial charge in [-0.05, 0) is 47.0 Å². The molecule has 3 heteroatoms. The molecule has 1 rings (SSSR count). The molecule has 0 aliphatic carbocycles. The van der Waals surface area contributed by atoms with E-state index in [0.717, 1.165) is 0 Å². The Morgan fingerprint density at radius 3 is 1.42 bits per heavy atom. The van der Waals surface area contributed by atoms with E-state index in [9.17, 15) is 0 Å². The average molecular weight is 201 g/mol. The molecule has 1 heterocycles. The molecule has 1 aliphatic heterocycles. The largest absolute Gasteiger partial charge is 2.00 e. The molecule has 1 aliphatic rings. The summed E-state index contributed by atoms with van der Waals surface area (Å²) < 4.78 is 0. The first-order valence-electron chi connectivity index (χ1n) is 4.21. The van der Waals surface area contributed by atoms with Crippen LogP contribution >= 0.6 is 0 Å². The Balaban J connectivity index is 0. The molecule has 1 nitrogen and oxygen atoms in total. The summed E-state index contributed by atoms with van der Waals surface area (Å²) in [5.74, 6) is 0. The van der Waals surface area contributed by atoms with E-state index in [-0.39, 0.29) is 35.5 Å². The number of rotatable bonds is 0. The van der Waals surface area contributed by atoms with Gasteiger partial charge < -0.3 is 17.7 Å². The van der Waals surface area contributed by atoms with Crippen LogP contribution in [0.25, 0.3) is 0 Å². The van der Waals surface area contributed by atoms with Crippen LogP contribution < -0.4 is 17.7 Å². The van der Waals surface area contributed by atoms with Crippen molar-refractivity contribution in [1.82, 2.24) is 5.32 Å². The summed E-state index contributed by atoms with van der Waals surface area (Å²) in [5, 5.41) is 3.63. The van der Waals surface area contributed by atoms with Gasteiger partial charge in [0.1, 0.15) is 0 Å². The van der Waals surface area contributed by atoms with E-state index in [1.54, 1.807) is 0 Å². The van der Waals surface area contributed by atoms with Crippen LogP contribution in [0.4, 0.5) is 0 Å². The van der Waals surface area contributed by atoms with Crippen molar-refractivity contribution < 1.29 is 12.4 Å². The zero-order valence-electron chi connectivity index (χ0n) is 8.71. The van der Waals surface area contributed by atoms with Gasteiger partial charge in [-0.1, -0.05) is 0 Å². The van der Waals surface area contributed by atoms with Gasteiger partial charge in [-0.3, -0.25) is 0 Å². The molecule has 0 radical (unpaired) electrons. The molecule has 0 saturated carbocycles. The van der Waals surface area contributed by atoms with Crippen LogP contribution in [0.5, 0.6) is 0 Å². The van der Waals surface area contributed by atoms with Gasteiger partial charge in [0.05, 0.1) is 0 Å². The van der Waals surface area contributed by atoms with Crippen LogP contribution in [0.3, 0.4) is 0 Å². The Bertz CT molecular complexity index is 120. The van der Waals surface area contributed by atoms with E-state index < -0.39 is 0 Å². The van der Waals surface area contributed by atoms with E-state index in [0.29, 0.717) is 11.1 Å². The van der Waals surface area contributed by atoms with Crippen molar-refractivity contribution >= 4 is 23.1 Å². The molecule has 1 saturated heterocycles. The predicted molar refractivity (Wildman–Crippen MR) is 50.9 cm³/mol. The van der Waals surface area contributed by atoms with E-state index in [1.165, 1.54) is 19.3 Å². The average Bonchev–Trinajstić information content (AvgIpc) is 1.56. The van der Waals surface area contributed by atoms with Gasteiger partial charge in [0.25, 0.3) is 0 Å². The van der Waals surface area contributed by atoms with Crippen LogP contribution in [0.15, 0.2) is 0 Å². The van der Waals surface area contributed by atoms with Crippen molar-refractivity contribution in [2.45, 2.75) is 58.0 Å². The maximum absolute atomic E-state index is 3.63. The van der Waals surface area contributed by atoms with E-state index in [1.807, 2.05) is 0 Å². The Morgan fingerprint density at radius 2 is 1.25 bits per heavy atom. The Labute approximate surface area is 98.6 Å². The Kier molecular flexibility index (Phi) is 6.50. The molecule has 68 valence electrons. The van der Waals surface area contributed by atoms with E-state index >= 15 is 0 Å². The fraction of sp³-hybridized carbons (Fsp3) is 1.00. The summed E-state index contributed by atoms with van der Waals surface area (Å²) in [7, 11) is 0. The number of halogens is 1. The summed E-state index contributed by atoms with van der Waals surface area (Å²) >= 11 is 0. The van der Waals surface area contributed by atoms with Gasteiger partial charge in [-0.2, -0.15) is 0 Å². The van der Waals surface area contributed by atoms with Gasteiger partial charge in [-0.15, -0.1) is 0 Å². The van der Waals surface area contributed by atoms with E-state index in [4.69, 9.17) is 0 Å². The van der Waals surface area contributed by atoms with Gasteiger partial charge in [0, 0.05) is 11.1 Å². The summed E-state index contributed by atoms with van der Waals surface area (Å²) in [6.07, 6.45) is 4.00. The summed E-state index contributed by atoms with van der Waals surface area (Å²) in [5.41, 5.74) is 0.726. The fourth-order valence-electron chi connectivity index (χ4n) is 2.01. The zero-order chi connectivity index (χ0) is 7.83. The maximum atomic E-state index is 3.63. The smallest absolute Gasteiger partial charge is 1.00 e. The second-order valence-corrected chi connectivity index (χ2v) is 4.75. The van der Waals surface area contributed by atoms with E-state index in [2.05, 4.69) is 33.0 Å². The summed E-state index contributed by atoms with van der Waals surface area (Å²) in [4.78, 5) is 0. The first-order chi connectivity index (χ1) is 4.41. The number of hydrogen-bond acceptors (Lipinski definition) is 1. The molecular weight excluding hydrogens is 182 g/mol. The van der Waals surface area contributed by atoms with Crippen molar-refractivity contribution in [2.24, 2.45) is 0 Å². The third kappa shape index (κ3) is 4.90. The molecular formula is C9H19ClMgN+. The quantitative estimate of drug-likeness (QED) is 0.492. The van der Waals surface area contributed by atoms with Crippen LogP contribution in [-0.4, -0.2) is 34.1 Å². The monoisotopic (exact) mass is 200 g/mol. The first-order valence-corrected chi connectivity index (χ1v) is 4.21.